The number of unbranched alkanes of at least 4 members (excludes halogenated alkanes) is 2. The van der Waals surface area contributed by atoms with Crippen LogP contribution in [0.1, 0.15) is 43.9 Å². The Bertz CT molecular complexity index is 690. The molecular weight excluding hydrogens is 308 g/mol. The summed E-state index contributed by atoms with van der Waals surface area (Å²) in [5.41, 5.74) is 0.663. The summed E-state index contributed by atoms with van der Waals surface area (Å²) in [5, 5.41) is 0. The van der Waals surface area contributed by atoms with E-state index < -0.39 is 0 Å². The molecule has 1 heterocycles. The number of ether oxygens (including phenoxy) is 2. The van der Waals surface area contributed by atoms with Gasteiger partial charge in [-0.25, -0.2) is 0 Å². The molecule has 0 atom stereocenters. The Balaban J connectivity index is 1.83. The summed E-state index contributed by atoms with van der Waals surface area (Å²) >= 11 is 0. The van der Waals surface area contributed by atoms with Crippen LogP contribution in [0.5, 0.6) is 5.75 Å². The minimum atomic E-state index is -0.297. The van der Waals surface area contributed by atoms with E-state index in [1.54, 1.807) is 0 Å². The smallest absolute Gasteiger partial charge is 0.306 e. The highest BCUT2D eigenvalue weighted by Gasteiger charge is 2.08. The van der Waals surface area contributed by atoms with Gasteiger partial charge in [-0.05, 0) is 12.0 Å². The molecule has 24 heavy (non-hydrogen) atoms. The van der Waals surface area contributed by atoms with E-state index in [0.717, 1.165) is 24.8 Å². The van der Waals surface area contributed by atoms with Gasteiger partial charge in [-0.1, -0.05) is 50.1 Å². The van der Waals surface area contributed by atoms with Crippen LogP contribution in [0.25, 0.3) is 0 Å². The third-order valence-corrected chi connectivity index (χ3v) is 3.45. The largest absolute Gasteiger partial charge is 0.482 e. The van der Waals surface area contributed by atoms with Gasteiger partial charge in [0.2, 0.25) is 11.2 Å². The zero-order valence-electron chi connectivity index (χ0n) is 13.8. The topological polar surface area (TPSA) is 65.7 Å². The predicted molar refractivity (Wildman–Crippen MR) is 89.7 cm³/mol. The Kier molecular flexibility index (Phi) is 7.08. The van der Waals surface area contributed by atoms with Crippen LogP contribution < -0.4 is 10.2 Å². The van der Waals surface area contributed by atoms with E-state index in [2.05, 4.69) is 6.92 Å². The molecule has 0 aliphatic rings. The highest BCUT2D eigenvalue weighted by Crippen LogP contribution is 2.10. The van der Waals surface area contributed by atoms with Gasteiger partial charge in [0, 0.05) is 12.5 Å². The second-order valence-corrected chi connectivity index (χ2v) is 5.47. The number of carbonyl (C=O) groups is 1. The number of hydrogen-bond donors (Lipinski definition) is 0. The maximum Gasteiger partial charge on any atom is 0.306 e. The summed E-state index contributed by atoms with van der Waals surface area (Å²) in [4.78, 5) is 23.5. The molecule has 0 aliphatic carbocycles. The van der Waals surface area contributed by atoms with Crippen molar-refractivity contribution in [3.05, 3.63) is 64.2 Å². The first kappa shape index (κ1) is 17.8. The van der Waals surface area contributed by atoms with E-state index in [9.17, 15) is 9.59 Å². The van der Waals surface area contributed by atoms with Gasteiger partial charge < -0.3 is 13.9 Å². The average molecular weight is 330 g/mol. The predicted octanol–water partition coefficient (Wildman–Crippen LogP) is 3.84. The number of carbonyl (C=O) groups excluding carboxylic acids is 1. The minimum absolute atomic E-state index is 0.0425. The van der Waals surface area contributed by atoms with Gasteiger partial charge in [0.1, 0.15) is 25.2 Å². The summed E-state index contributed by atoms with van der Waals surface area (Å²) in [6, 6.07) is 10.8. The molecule has 0 saturated carbocycles. The molecule has 0 bridgehead atoms. The molecule has 0 radical (unpaired) electrons. The third-order valence-electron chi connectivity index (χ3n) is 3.45. The standard InChI is InChI=1S/C19H22O5/c1-2-3-5-10-19(21)24-13-16-11-17(20)18(14-22-16)23-12-15-8-6-4-7-9-15/h4,6-9,11,14H,2-3,5,10,12-13H2,1H3. The molecule has 5 heteroatoms. The van der Waals surface area contributed by atoms with Crippen LogP contribution in [0, 0.1) is 0 Å². The zero-order valence-corrected chi connectivity index (χ0v) is 13.8. The van der Waals surface area contributed by atoms with Crippen LogP contribution in [0.4, 0.5) is 0 Å². The zero-order chi connectivity index (χ0) is 17.2. The monoisotopic (exact) mass is 330 g/mol. The van der Waals surface area contributed by atoms with E-state index in [1.165, 1.54) is 12.3 Å². The number of benzene rings is 1. The Morgan fingerprint density at radius 1 is 1.12 bits per heavy atom. The van der Waals surface area contributed by atoms with Crippen molar-refractivity contribution in [2.24, 2.45) is 0 Å². The fourth-order valence-electron chi connectivity index (χ4n) is 2.10. The number of esters is 1. The number of rotatable bonds is 9. The van der Waals surface area contributed by atoms with Gasteiger partial charge in [-0.15, -0.1) is 0 Å². The molecule has 2 rings (SSSR count). The molecule has 0 fully saturated rings. The maximum absolute atomic E-state index is 12.0. The van der Waals surface area contributed by atoms with Crippen molar-refractivity contribution >= 4 is 5.97 Å². The van der Waals surface area contributed by atoms with Gasteiger partial charge >= 0.3 is 5.97 Å². The summed E-state index contributed by atoms with van der Waals surface area (Å²) in [5.74, 6) is 0.156. The molecule has 0 aliphatic heterocycles. The fourth-order valence-corrected chi connectivity index (χ4v) is 2.10. The molecule has 0 N–H and O–H groups in total. The molecule has 2 aromatic rings. The van der Waals surface area contributed by atoms with Crippen molar-refractivity contribution in [1.82, 2.24) is 0 Å². The third kappa shape index (κ3) is 5.91. The molecule has 1 aromatic heterocycles. The van der Waals surface area contributed by atoms with Crippen molar-refractivity contribution < 1.29 is 18.7 Å². The second-order valence-electron chi connectivity index (χ2n) is 5.47. The molecule has 0 amide bonds. The highest BCUT2D eigenvalue weighted by atomic mass is 16.5. The van der Waals surface area contributed by atoms with Gasteiger partial charge in [0.05, 0.1) is 0 Å². The lowest BCUT2D eigenvalue weighted by atomic mass is 10.2. The fraction of sp³-hybridized carbons (Fsp3) is 0.368. The summed E-state index contributed by atoms with van der Waals surface area (Å²) in [7, 11) is 0. The Morgan fingerprint density at radius 3 is 2.62 bits per heavy atom. The molecular formula is C19H22O5. The Morgan fingerprint density at radius 2 is 1.92 bits per heavy atom. The summed E-state index contributed by atoms with van der Waals surface area (Å²) < 4.78 is 15.8. The summed E-state index contributed by atoms with van der Waals surface area (Å²) in [6.45, 7) is 2.32. The van der Waals surface area contributed by atoms with Crippen molar-refractivity contribution in [3.8, 4) is 5.75 Å². The lowest BCUT2D eigenvalue weighted by Crippen LogP contribution is -2.10. The van der Waals surface area contributed by atoms with Crippen molar-refractivity contribution in [2.45, 2.75) is 45.8 Å². The minimum Gasteiger partial charge on any atom is -0.482 e. The molecule has 0 spiro atoms. The molecule has 128 valence electrons. The highest BCUT2D eigenvalue weighted by molar-refractivity contribution is 5.69. The first-order chi connectivity index (χ1) is 11.7. The van der Waals surface area contributed by atoms with E-state index in [0.29, 0.717) is 12.2 Å². The maximum atomic E-state index is 12.0. The van der Waals surface area contributed by atoms with Crippen molar-refractivity contribution in [3.63, 3.8) is 0 Å². The lowest BCUT2D eigenvalue weighted by molar-refractivity contribution is -0.145. The SMILES string of the molecule is CCCCCC(=O)OCc1cc(=O)c(OCc2ccccc2)co1. The van der Waals surface area contributed by atoms with E-state index >= 15 is 0 Å². The van der Waals surface area contributed by atoms with Crippen molar-refractivity contribution in [1.29, 1.82) is 0 Å². The first-order valence-corrected chi connectivity index (χ1v) is 8.13. The van der Waals surface area contributed by atoms with Gasteiger partial charge in [-0.2, -0.15) is 0 Å². The van der Waals surface area contributed by atoms with Crippen LogP contribution in [-0.2, 0) is 22.7 Å². The van der Waals surface area contributed by atoms with Gasteiger partial charge in [0.25, 0.3) is 0 Å². The quantitative estimate of drug-likeness (QED) is 0.516. The summed E-state index contributed by atoms with van der Waals surface area (Å²) in [6.07, 6.45) is 4.50. The first-order valence-electron chi connectivity index (χ1n) is 8.13. The van der Waals surface area contributed by atoms with Crippen LogP contribution in [0.3, 0.4) is 0 Å². The lowest BCUT2D eigenvalue weighted by Gasteiger charge is -2.07. The van der Waals surface area contributed by atoms with E-state index in [-0.39, 0.29) is 30.4 Å². The normalized spacial score (nSPS) is 10.4. The van der Waals surface area contributed by atoms with Crippen LogP contribution in [0.2, 0.25) is 0 Å². The van der Waals surface area contributed by atoms with Gasteiger partial charge in [0.15, 0.2) is 0 Å². The Hall–Kier alpha value is -2.56. The molecule has 1 aromatic carbocycles. The molecule has 0 saturated heterocycles. The molecule has 0 unspecified atom stereocenters. The van der Waals surface area contributed by atoms with Gasteiger partial charge in [-0.3, -0.25) is 9.59 Å². The van der Waals surface area contributed by atoms with Crippen LogP contribution in [-0.4, -0.2) is 5.97 Å². The molecule has 5 nitrogen and oxygen atoms in total. The average Bonchev–Trinajstić information content (AvgIpc) is 2.60. The van der Waals surface area contributed by atoms with Crippen LogP contribution >= 0.6 is 0 Å². The Labute approximate surface area is 141 Å². The van der Waals surface area contributed by atoms with Crippen LogP contribution in [0.15, 0.2) is 51.9 Å². The van der Waals surface area contributed by atoms with E-state index in [1.807, 2.05) is 30.3 Å². The van der Waals surface area contributed by atoms with E-state index in [4.69, 9.17) is 13.9 Å². The van der Waals surface area contributed by atoms with Crippen molar-refractivity contribution in [2.75, 3.05) is 0 Å². The number of hydrogen-bond acceptors (Lipinski definition) is 5. The second kappa shape index (κ2) is 9.55.